The lowest BCUT2D eigenvalue weighted by molar-refractivity contribution is -0.402. The predicted octanol–water partition coefficient (Wildman–Crippen LogP) is 5.57. The Balaban J connectivity index is 1.82. The minimum Gasteiger partial charge on any atom is -0.404 e. The second-order valence-electron chi connectivity index (χ2n) is 7.66. The zero-order chi connectivity index (χ0) is 25.0. The highest BCUT2D eigenvalue weighted by Gasteiger charge is 2.33. The molecule has 0 radical (unpaired) electrons. The normalized spacial score (nSPS) is 17.6. The van der Waals surface area contributed by atoms with Gasteiger partial charge in [-0.2, -0.15) is 4.76 Å². The lowest BCUT2D eigenvalue weighted by atomic mass is 9.93. The molecule has 2 aromatic heterocycles. The van der Waals surface area contributed by atoms with Crippen LogP contribution in [0.4, 0.5) is 5.88 Å². The minimum atomic E-state index is -3.79. The van der Waals surface area contributed by atoms with Gasteiger partial charge >= 0.3 is 13.6 Å². The number of hydrogen-bond donors (Lipinski definition) is 1. The highest BCUT2D eigenvalue weighted by Crippen LogP contribution is 2.50. The average molecular weight is 518 g/mol. The molecule has 0 amide bonds. The molecule has 1 unspecified atom stereocenters. The molecule has 1 aliphatic rings. The Labute approximate surface area is 205 Å². The SMILES string of the molecule is COP(=O)(/N=C1/CC(c2ccc(CO)cc2)=CC(c2cccs2)N1Cc1ccc([N+](=O)[O-])o1)OC. The smallest absolute Gasteiger partial charge is 0.404 e. The lowest BCUT2D eigenvalue weighted by Gasteiger charge is -2.36. The Morgan fingerprint density at radius 2 is 1.97 bits per heavy atom. The first-order valence-corrected chi connectivity index (χ1v) is 13.0. The summed E-state index contributed by atoms with van der Waals surface area (Å²) in [5.41, 5.74) is 2.65. The number of aliphatic hydroxyl groups is 1. The Bertz CT molecular complexity index is 1280. The van der Waals surface area contributed by atoms with Crippen LogP contribution in [0.2, 0.25) is 0 Å². The first-order chi connectivity index (χ1) is 16.9. The zero-order valence-corrected chi connectivity index (χ0v) is 20.8. The lowest BCUT2D eigenvalue weighted by Crippen LogP contribution is -2.36. The molecule has 12 heteroatoms. The van der Waals surface area contributed by atoms with Crippen LogP contribution in [0.3, 0.4) is 0 Å². The summed E-state index contributed by atoms with van der Waals surface area (Å²) in [7, 11) is -1.26. The third-order valence-electron chi connectivity index (χ3n) is 5.57. The molecule has 1 N–H and O–H groups in total. The maximum Gasteiger partial charge on any atom is 0.454 e. The van der Waals surface area contributed by atoms with Gasteiger partial charge in [-0.25, -0.2) is 4.57 Å². The van der Waals surface area contributed by atoms with E-state index in [1.54, 1.807) is 17.4 Å². The number of amidine groups is 1. The van der Waals surface area contributed by atoms with Gasteiger partial charge < -0.3 is 14.4 Å². The molecule has 0 bridgehead atoms. The van der Waals surface area contributed by atoms with E-state index >= 15 is 0 Å². The summed E-state index contributed by atoms with van der Waals surface area (Å²) in [5, 5.41) is 22.5. The van der Waals surface area contributed by atoms with Gasteiger partial charge in [-0.1, -0.05) is 36.4 Å². The van der Waals surface area contributed by atoms with Crippen LogP contribution < -0.4 is 0 Å². The van der Waals surface area contributed by atoms with Crippen LogP contribution in [-0.2, 0) is 26.8 Å². The van der Waals surface area contributed by atoms with E-state index in [1.807, 2.05) is 46.7 Å². The second-order valence-corrected chi connectivity index (χ2v) is 10.5. The van der Waals surface area contributed by atoms with E-state index in [-0.39, 0.29) is 25.1 Å². The van der Waals surface area contributed by atoms with Crippen molar-refractivity contribution in [3.63, 3.8) is 0 Å². The van der Waals surface area contributed by atoms with E-state index in [2.05, 4.69) is 10.8 Å². The number of nitrogens with zero attached hydrogens (tertiary/aromatic N) is 3. The van der Waals surface area contributed by atoms with Crippen molar-refractivity contribution in [1.82, 2.24) is 4.90 Å². The Kier molecular flexibility index (Phi) is 7.63. The molecule has 0 spiro atoms. The molecule has 1 aliphatic heterocycles. The van der Waals surface area contributed by atoms with Gasteiger partial charge in [0.2, 0.25) is 0 Å². The van der Waals surface area contributed by atoms with Gasteiger partial charge in [0, 0.05) is 25.5 Å². The highest BCUT2D eigenvalue weighted by molar-refractivity contribution is 7.52. The van der Waals surface area contributed by atoms with Crippen molar-refractivity contribution in [3.05, 3.63) is 91.9 Å². The summed E-state index contributed by atoms with van der Waals surface area (Å²) in [6.07, 6.45) is 2.39. The average Bonchev–Trinajstić information content (AvgIpc) is 3.58. The van der Waals surface area contributed by atoms with E-state index in [9.17, 15) is 19.8 Å². The molecule has 4 rings (SSSR count). The van der Waals surface area contributed by atoms with Crippen molar-refractivity contribution in [2.75, 3.05) is 14.2 Å². The summed E-state index contributed by atoms with van der Waals surface area (Å²) in [6.45, 7) is 0.0909. The van der Waals surface area contributed by atoms with Crippen molar-refractivity contribution in [3.8, 4) is 0 Å². The number of benzene rings is 1. The molecule has 1 atom stereocenters. The Morgan fingerprint density at radius 1 is 1.23 bits per heavy atom. The molecule has 35 heavy (non-hydrogen) atoms. The molecule has 10 nitrogen and oxygen atoms in total. The molecule has 184 valence electrons. The minimum absolute atomic E-state index is 0.0578. The van der Waals surface area contributed by atoms with Crippen molar-refractivity contribution >= 4 is 36.4 Å². The molecule has 0 aliphatic carbocycles. The van der Waals surface area contributed by atoms with Gasteiger partial charge in [-0.15, -0.1) is 11.3 Å². The topological polar surface area (TPSA) is 128 Å². The maximum atomic E-state index is 13.0. The number of rotatable bonds is 9. The standard InChI is InChI=1S/C23H24N3O7PS/c1-31-34(30,32-2)24-22-13-18(17-7-5-16(15-27)6-8-17)12-20(21-4-3-11-35-21)25(22)14-19-9-10-23(33-19)26(28)29/h3-12,20,27H,13-15H2,1-2H3/b24-22-. The summed E-state index contributed by atoms with van der Waals surface area (Å²) >= 11 is 1.54. The monoisotopic (exact) mass is 517 g/mol. The van der Waals surface area contributed by atoms with Gasteiger partial charge in [-0.3, -0.25) is 19.2 Å². The molecular weight excluding hydrogens is 493 g/mol. The largest absolute Gasteiger partial charge is 0.454 e. The fourth-order valence-corrected chi connectivity index (χ4v) is 5.37. The van der Waals surface area contributed by atoms with Crippen LogP contribution in [0, 0.1) is 10.1 Å². The van der Waals surface area contributed by atoms with Crippen LogP contribution in [0.1, 0.15) is 34.2 Å². The Hall–Kier alpha value is -3.08. The molecule has 3 heterocycles. The van der Waals surface area contributed by atoms with E-state index in [0.29, 0.717) is 18.0 Å². The number of hydrogen-bond acceptors (Lipinski definition) is 8. The van der Waals surface area contributed by atoms with E-state index in [4.69, 9.17) is 13.5 Å². The van der Waals surface area contributed by atoms with Crippen molar-refractivity contribution in [2.24, 2.45) is 4.76 Å². The van der Waals surface area contributed by atoms with Gasteiger partial charge in [0.1, 0.15) is 16.5 Å². The molecule has 1 aromatic carbocycles. The van der Waals surface area contributed by atoms with Crippen LogP contribution >= 0.6 is 19.1 Å². The predicted molar refractivity (Wildman–Crippen MR) is 132 cm³/mol. The number of aliphatic hydroxyl groups excluding tert-OH is 1. The molecule has 0 saturated heterocycles. The molecular formula is C23H24N3O7PS. The first kappa shape index (κ1) is 25.0. The summed E-state index contributed by atoms with van der Waals surface area (Å²) in [4.78, 5) is 13.4. The Morgan fingerprint density at radius 3 is 2.54 bits per heavy atom. The molecule has 0 fully saturated rings. The van der Waals surface area contributed by atoms with Crippen molar-refractivity contribution < 1.29 is 28.1 Å². The zero-order valence-electron chi connectivity index (χ0n) is 19.1. The van der Waals surface area contributed by atoms with E-state index in [0.717, 1.165) is 21.6 Å². The van der Waals surface area contributed by atoms with Gasteiger partial charge in [0.15, 0.2) is 0 Å². The van der Waals surface area contributed by atoms with Crippen LogP contribution in [0.25, 0.3) is 5.57 Å². The van der Waals surface area contributed by atoms with Gasteiger partial charge in [0.05, 0.1) is 25.3 Å². The van der Waals surface area contributed by atoms with Gasteiger partial charge in [-0.05, 0) is 34.2 Å². The molecule has 3 aromatic rings. The summed E-state index contributed by atoms with van der Waals surface area (Å²) < 4.78 is 33.0. The summed E-state index contributed by atoms with van der Waals surface area (Å²) in [6, 6.07) is 14.0. The molecule has 0 saturated carbocycles. The fraction of sp³-hybridized carbons (Fsp3) is 0.261. The maximum absolute atomic E-state index is 13.0. The number of nitro groups is 1. The van der Waals surface area contributed by atoms with Crippen LogP contribution in [-0.4, -0.2) is 35.0 Å². The number of thiophene rings is 1. The third-order valence-corrected chi connectivity index (χ3v) is 7.91. The highest BCUT2D eigenvalue weighted by atomic mass is 32.1. The fourth-order valence-electron chi connectivity index (χ4n) is 3.79. The van der Waals surface area contributed by atoms with Gasteiger partial charge in [0.25, 0.3) is 0 Å². The van der Waals surface area contributed by atoms with E-state index in [1.165, 1.54) is 20.3 Å². The summed E-state index contributed by atoms with van der Waals surface area (Å²) in [5.74, 6) is 0.431. The number of furan rings is 1. The van der Waals surface area contributed by atoms with Crippen LogP contribution in [0.15, 0.2) is 69.2 Å². The van der Waals surface area contributed by atoms with E-state index < -0.39 is 12.7 Å². The van der Waals surface area contributed by atoms with Crippen molar-refractivity contribution in [2.45, 2.75) is 25.6 Å². The second kappa shape index (κ2) is 10.7. The van der Waals surface area contributed by atoms with Crippen molar-refractivity contribution in [1.29, 1.82) is 0 Å². The first-order valence-electron chi connectivity index (χ1n) is 10.6. The quantitative estimate of drug-likeness (QED) is 0.222. The third kappa shape index (κ3) is 5.61. The van der Waals surface area contributed by atoms with Crippen LogP contribution in [0.5, 0.6) is 0 Å².